The third-order valence-electron chi connectivity index (χ3n) is 1.36. The molecule has 1 heteroatoms. The lowest BCUT2D eigenvalue weighted by Gasteiger charge is -1.91. The minimum Gasteiger partial charge on any atom is -0.593 e. The summed E-state index contributed by atoms with van der Waals surface area (Å²) >= 11 is 0. The van der Waals surface area contributed by atoms with E-state index < -0.39 is 0 Å². The van der Waals surface area contributed by atoms with Crippen molar-refractivity contribution in [3.8, 4) is 5.75 Å². The van der Waals surface area contributed by atoms with Crippen LogP contribution in [-0.4, -0.2) is 5.11 Å². The second kappa shape index (κ2) is 2.53. The molecule has 0 saturated carbocycles. The molecule has 1 nitrogen and oxygen atoms in total. The van der Waals surface area contributed by atoms with E-state index >= 15 is 0 Å². The van der Waals surface area contributed by atoms with Gasteiger partial charge in [-0.1, -0.05) is 6.92 Å². The molecule has 0 unspecified atom stereocenters. The Balaban J connectivity index is 2.88. The quantitative estimate of drug-likeness (QED) is 0.507. The van der Waals surface area contributed by atoms with Crippen molar-refractivity contribution in [2.45, 2.75) is 13.3 Å². The molecule has 0 heterocycles. The number of aryl methyl sites for hydroxylation is 1. The smallest absolute Gasteiger partial charge is 0.253 e. The number of benzene rings is 1. The summed E-state index contributed by atoms with van der Waals surface area (Å²) in [5.41, 5.74) is 1.30. The van der Waals surface area contributed by atoms with Gasteiger partial charge in [-0.2, -0.15) is 0 Å². The lowest BCUT2D eigenvalue weighted by molar-refractivity contribution is 0.475. The Bertz CT molecular complexity index is 176. The second-order valence-electron chi connectivity index (χ2n) is 2.05. The molecule has 0 aromatic heterocycles. The summed E-state index contributed by atoms with van der Waals surface area (Å²) in [6.07, 6.45) is 1.06. The largest absolute Gasteiger partial charge is 0.593 e. The molecule has 48 valence electrons. The van der Waals surface area contributed by atoms with Crippen molar-refractivity contribution in [3.63, 3.8) is 0 Å². The van der Waals surface area contributed by atoms with Crippen LogP contribution in [-0.2, 0) is 6.42 Å². The summed E-state index contributed by atoms with van der Waals surface area (Å²) in [6, 6.07) is 7.61. The average Bonchev–Trinajstić information content (AvgIpc) is 1.90. The van der Waals surface area contributed by atoms with Crippen molar-refractivity contribution < 1.29 is 5.11 Å². The summed E-state index contributed by atoms with van der Waals surface area (Å²) in [6.45, 7) is 2.11. The second-order valence-corrected chi connectivity index (χ2v) is 2.05. The summed E-state index contributed by atoms with van der Waals surface area (Å²) in [7, 11) is 0. The van der Waals surface area contributed by atoms with Gasteiger partial charge in [0.05, 0.1) is 0 Å². The Hall–Kier alpha value is -0.980. The lowest BCUT2D eigenvalue weighted by atomic mass is 10.2. The number of hydrogen-bond donors (Lipinski definition) is 0. The Morgan fingerprint density at radius 3 is 2.22 bits per heavy atom. The molecule has 0 radical (unpaired) electrons. The zero-order valence-electron chi connectivity index (χ0n) is 5.52. The fraction of sp³-hybridized carbons (Fsp3) is 0.250. The maximum Gasteiger partial charge on any atom is 0.253 e. The van der Waals surface area contributed by atoms with Gasteiger partial charge in [0.25, 0.3) is 5.75 Å². The molecule has 0 fully saturated rings. The minimum absolute atomic E-state index is 0.590. The van der Waals surface area contributed by atoms with Crippen molar-refractivity contribution in [1.82, 2.24) is 0 Å². The van der Waals surface area contributed by atoms with Crippen molar-refractivity contribution in [3.05, 3.63) is 29.8 Å². The first-order chi connectivity index (χ1) is 4.33. The van der Waals surface area contributed by atoms with Gasteiger partial charge in [0.2, 0.25) is 0 Å². The third-order valence-corrected chi connectivity index (χ3v) is 1.36. The Labute approximate surface area is 55.0 Å². The molecule has 0 bridgehead atoms. The maximum absolute atomic E-state index is 7.17. The Morgan fingerprint density at radius 2 is 1.78 bits per heavy atom. The van der Waals surface area contributed by atoms with E-state index in [0.29, 0.717) is 5.75 Å². The standard InChI is InChI=1S/C8H10O/c1-2-7-3-5-8(9)6-4-7/h3-6,9H,2H2,1H3/p+1. The lowest BCUT2D eigenvalue weighted by Crippen LogP contribution is -1.75. The highest BCUT2D eigenvalue weighted by molar-refractivity contribution is 5.25. The van der Waals surface area contributed by atoms with Gasteiger partial charge in [-0.15, -0.1) is 0 Å². The molecule has 0 spiro atoms. The van der Waals surface area contributed by atoms with E-state index in [9.17, 15) is 0 Å². The molecule has 1 aromatic carbocycles. The van der Waals surface area contributed by atoms with E-state index in [2.05, 4.69) is 6.92 Å². The van der Waals surface area contributed by atoms with Gasteiger partial charge in [0.15, 0.2) is 0 Å². The molecule has 0 saturated heterocycles. The van der Waals surface area contributed by atoms with Gasteiger partial charge in [-0.25, -0.2) is 0 Å². The third kappa shape index (κ3) is 1.46. The van der Waals surface area contributed by atoms with Gasteiger partial charge in [0.1, 0.15) is 0 Å². The van der Waals surface area contributed by atoms with Crippen molar-refractivity contribution in [2.24, 2.45) is 0 Å². The summed E-state index contributed by atoms with van der Waals surface area (Å²) in [5.74, 6) is 0.590. The molecular weight excluding hydrogens is 112 g/mol. The molecule has 1 aromatic rings. The molecular formula is C8H11O+. The maximum atomic E-state index is 7.17. The highest BCUT2D eigenvalue weighted by Crippen LogP contribution is 2.09. The normalized spacial score (nSPS) is 9.44. The van der Waals surface area contributed by atoms with Crippen molar-refractivity contribution >= 4 is 0 Å². The van der Waals surface area contributed by atoms with E-state index in [1.165, 1.54) is 5.56 Å². The minimum atomic E-state index is 0.590. The molecule has 1 rings (SSSR count). The monoisotopic (exact) mass is 123 g/mol. The fourth-order valence-electron chi connectivity index (χ4n) is 0.740. The van der Waals surface area contributed by atoms with Crippen LogP contribution in [0.3, 0.4) is 0 Å². The first-order valence-electron chi connectivity index (χ1n) is 3.13. The summed E-state index contributed by atoms with van der Waals surface area (Å²) < 4.78 is 0. The van der Waals surface area contributed by atoms with Crippen molar-refractivity contribution in [1.29, 1.82) is 0 Å². The van der Waals surface area contributed by atoms with Gasteiger partial charge in [-0.05, 0) is 24.1 Å². The predicted molar refractivity (Wildman–Crippen MR) is 38.9 cm³/mol. The van der Waals surface area contributed by atoms with Crippen LogP contribution in [0.1, 0.15) is 12.5 Å². The zero-order valence-corrected chi connectivity index (χ0v) is 5.52. The fourth-order valence-corrected chi connectivity index (χ4v) is 0.740. The van der Waals surface area contributed by atoms with E-state index in [4.69, 9.17) is 5.11 Å². The van der Waals surface area contributed by atoms with Crippen molar-refractivity contribution in [2.75, 3.05) is 0 Å². The summed E-state index contributed by atoms with van der Waals surface area (Å²) in [5, 5.41) is 7.17. The molecule has 0 aliphatic rings. The van der Waals surface area contributed by atoms with Crippen LogP contribution in [0.4, 0.5) is 0 Å². The van der Waals surface area contributed by atoms with Gasteiger partial charge < -0.3 is 5.11 Å². The van der Waals surface area contributed by atoms with Crippen LogP contribution in [0.2, 0.25) is 0 Å². The first-order valence-corrected chi connectivity index (χ1v) is 3.13. The highest BCUT2D eigenvalue weighted by Gasteiger charge is 1.90. The van der Waals surface area contributed by atoms with Crippen LogP contribution in [0.25, 0.3) is 0 Å². The van der Waals surface area contributed by atoms with Gasteiger partial charge in [-0.3, -0.25) is 0 Å². The Morgan fingerprint density at radius 1 is 1.22 bits per heavy atom. The van der Waals surface area contributed by atoms with E-state index in [-0.39, 0.29) is 0 Å². The highest BCUT2D eigenvalue weighted by atomic mass is 16.3. The van der Waals surface area contributed by atoms with Crippen LogP contribution in [0.15, 0.2) is 24.3 Å². The average molecular weight is 123 g/mol. The SMILES string of the molecule is CCc1ccc([OH2+])cc1. The molecule has 9 heavy (non-hydrogen) atoms. The number of hydrogen-bond acceptors (Lipinski definition) is 0. The molecule has 0 aliphatic heterocycles. The van der Waals surface area contributed by atoms with E-state index in [1.54, 1.807) is 0 Å². The molecule has 0 atom stereocenters. The zero-order chi connectivity index (χ0) is 6.69. The summed E-state index contributed by atoms with van der Waals surface area (Å²) in [4.78, 5) is 0. The van der Waals surface area contributed by atoms with Crippen LogP contribution in [0, 0.1) is 0 Å². The van der Waals surface area contributed by atoms with Gasteiger partial charge >= 0.3 is 0 Å². The first kappa shape index (κ1) is 6.14. The van der Waals surface area contributed by atoms with E-state index in [0.717, 1.165) is 6.42 Å². The molecule has 2 N–H and O–H groups in total. The Kier molecular flexibility index (Phi) is 1.73. The van der Waals surface area contributed by atoms with Gasteiger partial charge in [0, 0.05) is 12.1 Å². The van der Waals surface area contributed by atoms with Crippen LogP contribution in [0.5, 0.6) is 5.75 Å². The number of rotatable bonds is 1. The molecule has 0 amide bonds. The topological polar surface area (TPSA) is 22.9 Å². The van der Waals surface area contributed by atoms with E-state index in [1.807, 2.05) is 24.3 Å². The predicted octanol–water partition coefficient (Wildman–Crippen LogP) is 1.69. The van der Waals surface area contributed by atoms with Crippen LogP contribution >= 0.6 is 0 Å². The van der Waals surface area contributed by atoms with Crippen LogP contribution < -0.4 is 0 Å². The molecule has 0 aliphatic carbocycles.